The summed E-state index contributed by atoms with van der Waals surface area (Å²) >= 11 is 0. The predicted octanol–water partition coefficient (Wildman–Crippen LogP) is 3.31. The van der Waals surface area contributed by atoms with Gasteiger partial charge in [-0.2, -0.15) is 4.98 Å². The van der Waals surface area contributed by atoms with Gasteiger partial charge < -0.3 is 30.1 Å². The Balaban J connectivity index is 1.37. The van der Waals surface area contributed by atoms with Gasteiger partial charge >= 0.3 is 0 Å². The molecule has 10 nitrogen and oxygen atoms in total. The lowest BCUT2D eigenvalue weighted by Gasteiger charge is -2.30. The van der Waals surface area contributed by atoms with Gasteiger partial charge in [0.25, 0.3) is 5.91 Å². The van der Waals surface area contributed by atoms with Crippen LogP contribution in [0.4, 0.5) is 23.1 Å². The minimum Gasteiger partial charge on any atom is -0.380 e. The Morgan fingerprint density at radius 1 is 1.11 bits per heavy atom. The molecule has 1 aromatic heterocycles. The third-order valence-electron chi connectivity index (χ3n) is 8.06. The molecule has 0 radical (unpaired) electrons. The number of aromatic nitrogens is 2. The number of amides is 2. The number of anilines is 4. The van der Waals surface area contributed by atoms with Crippen LogP contribution in [-0.2, 0) is 16.1 Å². The number of rotatable bonds is 7. The number of likely N-dealkylation sites (tertiary alicyclic amines) is 1. The van der Waals surface area contributed by atoms with Crippen molar-refractivity contribution in [2.75, 3.05) is 56.0 Å². The van der Waals surface area contributed by atoms with Crippen molar-refractivity contribution in [1.82, 2.24) is 20.2 Å². The summed E-state index contributed by atoms with van der Waals surface area (Å²) in [6, 6.07) is 6.17. The number of nitrogens with one attached hydrogen (secondary N) is 2. The lowest BCUT2D eigenvalue weighted by Crippen LogP contribution is -2.43. The van der Waals surface area contributed by atoms with Crippen LogP contribution >= 0.6 is 0 Å². The number of benzene rings is 1. The second-order valence-electron chi connectivity index (χ2n) is 10.7. The maximum absolute atomic E-state index is 13.0. The molecule has 1 saturated carbocycles. The van der Waals surface area contributed by atoms with Crippen LogP contribution in [0.5, 0.6) is 0 Å². The van der Waals surface area contributed by atoms with Crippen LogP contribution in [0.3, 0.4) is 0 Å². The third-order valence-corrected chi connectivity index (χ3v) is 8.06. The van der Waals surface area contributed by atoms with Crippen molar-refractivity contribution in [2.24, 2.45) is 0 Å². The van der Waals surface area contributed by atoms with Gasteiger partial charge in [-0.1, -0.05) is 12.8 Å². The van der Waals surface area contributed by atoms with E-state index in [1.807, 2.05) is 18.2 Å². The highest BCUT2D eigenvalue weighted by molar-refractivity contribution is 5.97. The van der Waals surface area contributed by atoms with E-state index in [-0.39, 0.29) is 17.9 Å². The maximum Gasteiger partial charge on any atom is 0.251 e. The van der Waals surface area contributed by atoms with Crippen LogP contribution in [0.15, 0.2) is 24.4 Å². The molecule has 1 aromatic carbocycles. The summed E-state index contributed by atoms with van der Waals surface area (Å²) < 4.78 is 5.45. The Bertz CT molecular complexity index is 1160. The van der Waals surface area contributed by atoms with Gasteiger partial charge in [0.15, 0.2) is 5.82 Å². The molecule has 10 heteroatoms. The molecule has 2 fully saturated rings. The molecule has 2 amide bonds. The summed E-state index contributed by atoms with van der Waals surface area (Å²) in [5.41, 5.74) is 2.98. The summed E-state index contributed by atoms with van der Waals surface area (Å²) in [6.45, 7) is 2.98. The number of hydrogen-bond donors (Lipinski definition) is 2. The molecule has 1 aliphatic carbocycles. The normalized spacial score (nSPS) is 19.4. The Labute approximate surface area is 224 Å². The molecule has 5 rings (SSSR count). The van der Waals surface area contributed by atoms with Crippen LogP contribution in [-0.4, -0.2) is 79.6 Å². The number of nitrogens with zero attached hydrogens (tertiary/aromatic N) is 5. The zero-order valence-corrected chi connectivity index (χ0v) is 22.7. The largest absolute Gasteiger partial charge is 0.380 e. The van der Waals surface area contributed by atoms with E-state index in [4.69, 9.17) is 9.72 Å². The van der Waals surface area contributed by atoms with E-state index in [2.05, 4.69) is 32.5 Å². The molecule has 0 atom stereocenters. The number of methoxy groups -OCH3 is 1. The van der Waals surface area contributed by atoms with Crippen LogP contribution in [0.2, 0.25) is 0 Å². The van der Waals surface area contributed by atoms with Gasteiger partial charge in [0.2, 0.25) is 11.9 Å². The SMILES string of the molecule is COCc1cc(C(=O)NC2CCN(C)CC2)ccc1Nc1ncc2c(n1)N(C1CCCC1)CCC(=O)N2C. The number of carbonyl (C=O) groups excluding carboxylic acids is 2. The number of carbonyl (C=O) groups is 2. The lowest BCUT2D eigenvalue weighted by atomic mass is 10.0. The Morgan fingerprint density at radius 2 is 1.87 bits per heavy atom. The first-order valence-corrected chi connectivity index (χ1v) is 13.7. The summed E-state index contributed by atoms with van der Waals surface area (Å²) in [5, 5.41) is 6.53. The van der Waals surface area contributed by atoms with Gasteiger partial charge in [0.05, 0.1) is 12.8 Å². The average molecular weight is 522 g/mol. The highest BCUT2D eigenvalue weighted by atomic mass is 16.5. The van der Waals surface area contributed by atoms with Crippen molar-refractivity contribution in [3.63, 3.8) is 0 Å². The molecule has 3 aliphatic rings. The van der Waals surface area contributed by atoms with E-state index < -0.39 is 0 Å². The fraction of sp³-hybridized carbons (Fsp3) is 0.571. The van der Waals surface area contributed by atoms with Crippen molar-refractivity contribution in [3.8, 4) is 0 Å². The molecule has 0 unspecified atom stereocenters. The van der Waals surface area contributed by atoms with Gasteiger partial charge in [-0.25, -0.2) is 4.98 Å². The van der Waals surface area contributed by atoms with Crippen molar-refractivity contribution in [2.45, 2.75) is 63.6 Å². The second-order valence-corrected chi connectivity index (χ2v) is 10.7. The molecule has 2 aromatic rings. The standard InChI is InChI=1S/C28H39N7O3/c1-33-13-10-21(11-14-33)30-27(37)19-8-9-23(20(16-19)18-38-3)31-28-29-17-24-26(32-28)35(22-6-4-5-7-22)15-12-25(36)34(24)2/h8-9,16-17,21-22H,4-7,10-15,18H2,1-3H3,(H,30,37)(H,29,31,32). The number of piperidine rings is 1. The predicted molar refractivity (Wildman–Crippen MR) is 148 cm³/mol. The van der Waals surface area contributed by atoms with Crippen molar-refractivity contribution >= 4 is 35.0 Å². The molecule has 2 N–H and O–H groups in total. The van der Waals surface area contributed by atoms with Crippen molar-refractivity contribution in [1.29, 1.82) is 0 Å². The molecular weight excluding hydrogens is 482 g/mol. The van der Waals surface area contributed by atoms with E-state index in [1.54, 1.807) is 25.3 Å². The minimum absolute atomic E-state index is 0.0651. The summed E-state index contributed by atoms with van der Waals surface area (Å²) in [5.74, 6) is 1.26. The summed E-state index contributed by atoms with van der Waals surface area (Å²) in [7, 11) is 5.54. The smallest absolute Gasteiger partial charge is 0.251 e. The summed E-state index contributed by atoms with van der Waals surface area (Å²) in [6.07, 6.45) is 8.75. The van der Waals surface area contributed by atoms with Gasteiger partial charge in [0, 0.05) is 56.0 Å². The van der Waals surface area contributed by atoms with Crippen LogP contribution in [0.1, 0.15) is 60.9 Å². The number of hydrogen-bond acceptors (Lipinski definition) is 8. The van der Waals surface area contributed by atoms with Gasteiger partial charge in [-0.3, -0.25) is 9.59 Å². The lowest BCUT2D eigenvalue weighted by molar-refractivity contribution is -0.118. The van der Waals surface area contributed by atoms with E-state index in [1.165, 1.54) is 12.8 Å². The zero-order valence-electron chi connectivity index (χ0n) is 22.7. The topological polar surface area (TPSA) is 103 Å². The molecular formula is C28H39N7O3. The van der Waals surface area contributed by atoms with Crippen molar-refractivity contribution in [3.05, 3.63) is 35.5 Å². The van der Waals surface area contributed by atoms with Crippen LogP contribution < -0.4 is 20.4 Å². The van der Waals surface area contributed by atoms with E-state index in [0.717, 1.165) is 61.5 Å². The summed E-state index contributed by atoms with van der Waals surface area (Å²) in [4.78, 5) is 41.3. The number of fused-ring (bicyclic) bond motifs is 1. The highest BCUT2D eigenvalue weighted by Crippen LogP contribution is 2.36. The van der Waals surface area contributed by atoms with Crippen LogP contribution in [0, 0.1) is 0 Å². The Morgan fingerprint density at radius 3 is 2.61 bits per heavy atom. The quantitative estimate of drug-likeness (QED) is 0.572. The molecule has 0 bridgehead atoms. The Kier molecular flexibility index (Phi) is 8.09. The van der Waals surface area contributed by atoms with Gasteiger partial charge in [-0.05, 0) is 64.0 Å². The Hall–Kier alpha value is -3.24. The van der Waals surface area contributed by atoms with Crippen LogP contribution in [0.25, 0.3) is 0 Å². The molecule has 3 heterocycles. The minimum atomic E-state index is -0.0651. The average Bonchev–Trinajstić information content (AvgIpc) is 3.42. The van der Waals surface area contributed by atoms with E-state index >= 15 is 0 Å². The molecule has 2 aliphatic heterocycles. The van der Waals surface area contributed by atoms with Crippen molar-refractivity contribution < 1.29 is 14.3 Å². The molecule has 38 heavy (non-hydrogen) atoms. The maximum atomic E-state index is 13.0. The van der Waals surface area contributed by atoms with E-state index in [0.29, 0.717) is 37.1 Å². The first kappa shape index (κ1) is 26.4. The second kappa shape index (κ2) is 11.7. The molecule has 204 valence electrons. The first-order valence-electron chi connectivity index (χ1n) is 13.7. The third kappa shape index (κ3) is 5.76. The van der Waals surface area contributed by atoms with Gasteiger partial charge in [0.1, 0.15) is 5.69 Å². The zero-order chi connectivity index (χ0) is 26.6. The monoisotopic (exact) mass is 521 g/mol. The number of ether oxygens (including phenoxy) is 1. The fourth-order valence-corrected chi connectivity index (χ4v) is 5.74. The van der Waals surface area contributed by atoms with E-state index in [9.17, 15) is 9.59 Å². The highest BCUT2D eigenvalue weighted by Gasteiger charge is 2.31. The molecule has 1 saturated heterocycles. The fourth-order valence-electron chi connectivity index (χ4n) is 5.74. The first-order chi connectivity index (χ1) is 18.4. The van der Waals surface area contributed by atoms with Gasteiger partial charge in [-0.15, -0.1) is 0 Å². The molecule has 0 spiro atoms.